The molecule has 44 valence electrons. The van der Waals surface area contributed by atoms with E-state index in [0.29, 0.717) is 5.92 Å². The Hall–Kier alpha value is -0.840. The molecule has 8 heavy (non-hydrogen) atoms. The van der Waals surface area contributed by atoms with Crippen molar-refractivity contribution in [3.8, 4) is 6.19 Å². The van der Waals surface area contributed by atoms with Crippen LogP contribution in [0.1, 0.15) is 20.8 Å². The largest absolute Gasteiger partial charge is 0.205 e. The predicted octanol–water partition coefficient (Wildman–Crippen LogP) is 1.58. The van der Waals surface area contributed by atoms with Crippen LogP contribution in [0.3, 0.4) is 0 Å². The van der Waals surface area contributed by atoms with Crippen LogP contribution in [-0.2, 0) is 0 Å². The molecule has 0 aromatic heterocycles. The lowest BCUT2D eigenvalue weighted by Crippen LogP contribution is -1.99. The highest BCUT2D eigenvalue weighted by Gasteiger charge is 1.94. The van der Waals surface area contributed by atoms with Gasteiger partial charge in [-0.2, -0.15) is 10.3 Å². The first kappa shape index (κ1) is 7.16. The van der Waals surface area contributed by atoms with Crippen molar-refractivity contribution in [3.05, 3.63) is 0 Å². The molecule has 0 rings (SSSR count). The van der Waals surface area contributed by atoms with Gasteiger partial charge < -0.3 is 0 Å². The second-order valence-corrected chi connectivity index (χ2v) is 2.01. The van der Waals surface area contributed by atoms with Crippen molar-refractivity contribution < 1.29 is 0 Å². The molecule has 0 bridgehead atoms. The van der Waals surface area contributed by atoms with Gasteiger partial charge in [-0.3, -0.25) is 0 Å². The van der Waals surface area contributed by atoms with Crippen LogP contribution in [0.4, 0.5) is 0 Å². The summed E-state index contributed by atoms with van der Waals surface area (Å²) >= 11 is 0. The summed E-state index contributed by atoms with van der Waals surface area (Å²) in [5.41, 5.74) is 0.896. The molecule has 0 aromatic rings. The summed E-state index contributed by atoms with van der Waals surface area (Å²) in [6.07, 6.45) is 1.74. The van der Waals surface area contributed by atoms with E-state index in [1.165, 1.54) is 0 Å². The van der Waals surface area contributed by atoms with E-state index in [-0.39, 0.29) is 0 Å². The third kappa shape index (κ3) is 2.35. The van der Waals surface area contributed by atoms with Crippen LogP contribution in [0, 0.1) is 17.4 Å². The molecule has 0 fully saturated rings. The molecule has 0 aromatic carbocycles. The molecule has 0 aliphatic heterocycles. The summed E-state index contributed by atoms with van der Waals surface area (Å²) in [6, 6.07) is 0. The SMILES string of the molecule is C/C(=N\C#N)C(C)C. The fourth-order valence-electron chi connectivity index (χ4n) is 0.208. The number of hydrogen-bond donors (Lipinski definition) is 0. The minimum absolute atomic E-state index is 0.398. The normalized spacial score (nSPS) is 11.6. The first-order valence-electron chi connectivity index (χ1n) is 2.61. The van der Waals surface area contributed by atoms with Crippen LogP contribution in [-0.4, -0.2) is 5.71 Å². The van der Waals surface area contributed by atoms with E-state index in [9.17, 15) is 0 Å². The summed E-state index contributed by atoms with van der Waals surface area (Å²) in [6.45, 7) is 5.88. The van der Waals surface area contributed by atoms with E-state index >= 15 is 0 Å². The van der Waals surface area contributed by atoms with Crippen LogP contribution < -0.4 is 0 Å². The van der Waals surface area contributed by atoms with Crippen LogP contribution in [0.2, 0.25) is 0 Å². The molecule has 0 spiro atoms. The van der Waals surface area contributed by atoms with Gasteiger partial charge >= 0.3 is 0 Å². The molecule has 2 heteroatoms. The second kappa shape index (κ2) is 3.20. The predicted molar refractivity (Wildman–Crippen MR) is 33.6 cm³/mol. The summed E-state index contributed by atoms with van der Waals surface area (Å²) in [5.74, 6) is 0.398. The lowest BCUT2D eigenvalue weighted by molar-refractivity contribution is 0.879. The average Bonchev–Trinajstić information content (AvgIpc) is 1.67. The van der Waals surface area contributed by atoms with Gasteiger partial charge in [0.1, 0.15) is 0 Å². The zero-order valence-electron chi connectivity index (χ0n) is 5.47. The van der Waals surface area contributed by atoms with Gasteiger partial charge in [-0.05, 0) is 12.8 Å². The zero-order valence-corrected chi connectivity index (χ0v) is 5.47. The minimum atomic E-state index is 0.398. The molecule has 0 atom stereocenters. The number of nitrogens with zero attached hydrogens (tertiary/aromatic N) is 2. The number of rotatable bonds is 1. The molecule has 0 heterocycles. The topological polar surface area (TPSA) is 36.1 Å². The van der Waals surface area contributed by atoms with E-state index in [2.05, 4.69) is 4.99 Å². The van der Waals surface area contributed by atoms with Crippen molar-refractivity contribution in [1.82, 2.24) is 0 Å². The molecular weight excluding hydrogens is 100 g/mol. The maximum Gasteiger partial charge on any atom is 0.205 e. The number of hydrogen-bond acceptors (Lipinski definition) is 2. The Morgan fingerprint density at radius 2 is 2.12 bits per heavy atom. The van der Waals surface area contributed by atoms with Gasteiger partial charge in [-0.15, -0.1) is 0 Å². The van der Waals surface area contributed by atoms with E-state index in [1.54, 1.807) is 6.19 Å². The fraction of sp³-hybridized carbons (Fsp3) is 0.667. The fourth-order valence-corrected chi connectivity index (χ4v) is 0.208. The Morgan fingerprint density at radius 3 is 2.25 bits per heavy atom. The van der Waals surface area contributed by atoms with E-state index in [4.69, 9.17) is 5.26 Å². The van der Waals surface area contributed by atoms with Gasteiger partial charge in [0.25, 0.3) is 0 Å². The summed E-state index contributed by atoms with van der Waals surface area (Å²) in [7, 11) is 0. The molecular formula is C6H10N2. The van der Waals surface area contributed by atoms with E-state index in [1.807, 2.05) is 20.8 Å². The Morgan fingerprint density at radius 1 is 1.62 bits per heavy atom. The average molecular weight is 110 g/mol. The van der Waals surface area contributed by atoms with Crippen LogP contribution in [0.5, 0.6) is 0 Å². The van der Waals surface area contributed by atoms with Crippen molar-refractivity contribution in [3.63, 3.8) is 0 Å². The Kier molecular flexibility index (Phi) is 2.86. The lowest BCUT2D eigenvalue weighted by atomic mass is 10.1. The van der Waals surface area contributed by atoms with Crippen molar-refractivity contribution in [2.75, 3.05) is 0 Å². The van der Waals surface area contributed by atoms with Crippen LogP contribution in [0.15, 0.2) is 4.99 Å². The maximum absolute atomic E-state index is 8.05. The van der Waals surface area contributed by atoms with Gasteiger partial charge in [0.15, 0.2) is 0 Å². The van der Waals surface area contributed by atoms with Crippen LogP contribution >= 0.6 is 0 Å². The number of nitriles is 1. The Labute approximate surface area is 49.9 Å². The maximum atomic E-state index is 8.05. The van der Waals surface area contributed by atoms with Gasteiger partial charge in [0, 0.05) is 5.71 Å². The van der Waals surface area contributed by atoms with E-state index in [0.717, 1.165) is 5.71 Å². The zero-order chi connectivity index (χ0) is 6.57. The highest BCUT2D eigenvalue weighted by atomic mass is 14.7. The van der Waals surface area contributed by atoms with Gasteiger partial charge in [-0.25, -0.2) is 0 Å². The quantitative estimate of drug-likeness (QED) is 0.373. The van der Waals surface area contributed by atoms with Gasteiger partial charge in [-0.1, -0.05) is 13.8 Å². The first-order chi connectivity index (χ1) is 3.68. The van der Waals surface area contributed by atoms with Gasteiger partial charge in [0.2, 0.25) is 6.19 Å². The van der Waals surface area contributed by atoms with Gasteiger partial charge in [0.05, 0.1) is 0 Å². The molecule has 0 N–H and O–H groups in total. The first-order valence-corrected chi connectivity index (χ1v) is 2.61. The van der Waals surface area contributed by atoms with Crippen molar-refractivity contribution >= 4 is 5.71 Å². The molecule has 0 saturated heterocycles. The smallest absolute Gasteiger partial charge is 0.183 e. The molecule has 0 aliphatic rings. The van der Waals surface area contributed by atoms with E-state index < -0.39 is 0 Å². The van der Waals surface area contributed by atoms with Crippen molar-refractivity contribution in [2.24, 2.45) is 10.9 Å². The van der Waals surface area contributed by atoms with Crippen molar-refractivity contribution in [2.45, 2.75) is 20.8 Å². The summed E-state index contributed by atoms with van der Waals surface area (Å²) in [5, 5.41) is 8.05. The lowest BCUT2D eigenvalue weighted by Gasteiger charge is -1.97. The molecule has 0 amide bonds. The molecule has 0 unspecified atom stereocenters. The Bertz CT molecular complexity index is 128. The molecule has 0 aliphatic carbocycles. The standard InChI is InChI=1S/C6H10N2/c1-5(2)6(3)8-4-7/h5H,1-3H3/b8-6+. The molecule has 0 saturated carbocycles. The molecule has 2 nitrogen and oxygen atoms in total. The third-order valence-corrected chi connectivity index (χ3v) is 1.06. The summed E-state index contributed by atoms with van der Waals surface area (Å²) < 4.78 is 0. The van der Waals surface area contributed by atoms with Crippen LogP contribution in [0.25, 0.3) is 0 Å². The monoisotopic (exact) mass is 110 g/mol. The Balaban J connectivity index is 3.85. The molecule has 0 radical (unpaired) electrons. The summed E-state index contributed by atoms with van der Waals surface area (Å²) in [4.78, 5) is 3.55. The van der Waals surface area contributed by atoms with Crippen molar-refractivity contribution in [1.29, 1.82) is 5.26 Å². The second-order valence-electron chi connectivity index (χ2n) is 2.01. The number of aliphatic imine (C=N–C) groups is 1. The highest BCUT2D eigenvalue weighted by Crippen LogP contribution is 1.94. The third-order valence-electron chi connectivity index (χ3n) is 1.06. The minimum Gasteiger partial charge on any atom is -0.183 e. The highest BCUT2D eigenvalue weighted by molar-refractivity contribution is 5.84.